The zero-order chi connectivity index (χ0) is 18.1. The van der Waals surface area contributed by atoms with Crippen molar-refractivity contribution in [3.8, 4) is 0 Å². The lowest BCUT2D eigenvalue weighted by molar-refractivity contribution is -0.137. The number of rotatable bonds is 10. The van der Waals surface area contributed by atoms with Crippen molar-refractivity contribution in [2.75, 3.05) is 6.54 Å². The molecular formula is C17H21FN4O3. The molecule has 8 heteroatoms. The lowest BCUT2D eigenvalue weighted by atomic mass is 10.1. The van der Waals surface area contributed by atoms with Crippen LogP contribution in [-0.4, -0.2) is 38.5 Å². The Balaban J connectivity index is 1.70. The third-order valence-electron chi connectivity index (χ3n) is 3.61. The fraction of sp³-hybridized carbons (Fsp3) is 0.412. The zero-order valence-corrected chi connectivity index (χ0v) is 13.8. The number of carbonyl (C=O) groups is 2. The van der Waals surface area contributed by atoms with E-state index in [0.29, 0.717) is 19.5 Å². The van der Waals surface area contributed by atoms with Gasteiger partial charge in [-0.1, -0.05) is 30.2 Å². The van der Waals surface area contributed by atoms with Crippen molar-refractivity contribution < 1.29 is 19.1 Å². The Bertz CT molecular complexity index is 717. The van der Waals surface area contributed by atoms with E-state index >= 15 is 0 Å². The van der Waals surface area contributed by atoms with Crippen LogP contribution in [0.4, 0.5) is 4.39 Å². The van der Waals surface area contributed by atoms with Crippen LogP contribution in [-0.2, 0) is 11.3 Å². The predicted molar refractivity (Wildman–Crippen MR) is 88.6 cm³/mol. The van der Waals surface area contributed by atoms with Crippen molar-refractivity contribution in [2.24, 2.45) is 0 Å². The van der Waals surface area contributed by atoms with Crippen LogP contribution >= 0.6 is 0 Å². The number of hydrogen-bond acceptors (Lipinski definition) is 4. The smallest absolute Gasteiger partial charge is 0.303 e. The summed E-state index contributed by atoms with van der Waals surface area (Å²) in [4.78, 5) is 22.4. The first-order chi connectivity index (χ1) is 12.0. The van der Waals surface area contributed by atoms with Crippen molar-refractivity contribution in [2.45, 2.75) is 38.6 Å². The molecule has 2 N–H and O–H groups in total. The van der Waals surface area contributed by atoms with E-state index < -0.39 is 5.97 Å². The number of aromatic nitrogens is 3. The Morgan fingerprint density at radius 3 is 2.76 bits per heavy atom. The number of unbranched alkanes of at least 4 members (excludes halogenated alkanes) is 3. The van der Waals surface area contributed by atoms with Gasteiger partial charge in [-0.2, -0.15) is 0 Å². The molecule has 0 radical (unpaired) electrons. The molecule has 7 nitrogen and oxygen atoms in total. The second-order valence-corrected chi connectivity index (χ2v) is 5.75. The molecule has 2 rings (SSSR count). The molecule has 0 bridgehead atoms. The van der Waals surface area contributed by atoms with Crippen LogP contribution < -0.4 is 5.32 Å². The summed E-state index contributed by atoms with van der Waals surface area (Å²) in [5, 5.41) is 19.0. The molecule has 0 saturated heterocycles. The van der Waals surface area contributed by atoms with E-state index in [4.69, 9.17) is 5.11 Å². The van der Waals surface area contributed by atoms with Crippen LogP contribution in [0.5, 0.6) is 0 Å². The summed E-state index contributed by atoms with van der Waals surface area (Å²) in [6.07, 6.45) is 4.82. The molecule has 0 atom stereocenters. The third-order valence-corrected chi connectivity index (χ3v) is 3.61. The van der Waals surface area contributed by atoms with Gasteiger partial charge in [0.1, 0.15) is 5.82 Å². The Morgan fingerprint density at radius 2 is 2.00 bits per heavy atom. The molecule has 0 unspecified atom stereocenters. The molecule has 1 aromatic carbocycles. The van der Waals surface area contributed by atoms with Gasteiger partial charge in [-0.15, -0.1) is 5.10 Å². The van der Waals surface area contributed by atoms with E-state index in [1.807, 2.05) is 0 Å². The van der Waals surface area contributed by atoms with Gasteiger partial charge in [0.05, 0.1) is 12.7 Å². The summed E-state index contributed by atoms with van der Waals surface area (Å²) >= 11 is 0. The molecule has 1 amide bonds. The summed E-state index contributed by atoms with van der Waals surface area (Å²) in [7, 11) is 0. The zero-order valence-electron chi connectivity index (χ0n) is 13.8. The summed E-state index contributed by atoms with van der Waals surface area (Å²) in [5.74, 6) is -1.41. The van der Waals surface area contributed by atoms with Gasteiger partial charge >= 0.3 is 5.97 Å². The lowest BCUT2D eigenvalue weighted by Crippen LogP contribution is -2.24. The maximum absolute atomic E-state index is 13.2. The fourth-order valence-corrected chi connectivity index (χ4v) is 2.35. The fourth-order valence-electron chi connectivity index (χ4n) is 2.35. The molecule has 0 saturated carbocycles. The van der Waals surface area contributed by atoms with Crippen molar-refractivity contribution in [3.63, 3.8) is 0 Å². The molecule has 1 heterocycles. The number of carboxylic acids is 1. The summed E-state index contributed by atoms with van der Waals surface area (Å²) in [6, 6.07) is 6.16. The van der Waals surface area contributed by atoms with E-state index in [1.165, 1.54) is 23.0 Å². The Labute approximate surface area is 144 Å². The van der Waals surface area contributed by atoms with Gasteiger partial charge in [-0.3, -0.25) is 9.59 Å². The minimum atomic E-state index is -0.783. The molecule has 0 spiro atoms. The minimum Gasteiger partial charge on any atom is -0.481 e. The van der Waals surface area contributed by atoms with Gasteiger partial charge in [-0.25, -0.2) is 9.07 Å². The number of carboxylic acid groups (broad SMARTS) is 1. The maximum Gasteiger partial charge on any atom is 0.303 e. The highest BCUT2D eigenvalue weighted by Gasteiger charge is 2.10. The van der Waals surface area contributed by atoms with E-state index in [-0.39, 0.29) is 23.8 Å². The van der Waals surface area contributed by atoms with Gasteiger partial charge in [0, 0.05) is 13.0 Å². The highest BCUT2D eigenvalue weighted by Crippen LogP contribution is 2.06. The molecule has 0 aliphatic rings. The Morgan fingerprint density at radius 1 is 1.20 bits per heavy atom. The summed E-state index contributed by atoms with van der Waals surface area (Å²) in [5.41, 5.74) is 0.945. The molecule has 25 heavy (non-hydrogen) atoms. The van der Waals surface area contributed by atoms with Crippen LogP contribution in [0, 0.1) is 5.82 Å². The number of benzene rings is 1. The molecule has 0 fully saturated rings. The number of nitrogens with zero attached hydrogens (tertiary/aromatic N) is 3. The second-order valence-electron chi connectivity index (χ2n) is 5.75. The minimum absolute atomic E-state index is 0.181. The largest absolute Gasteiger partial charge is 0.481 e. The quantitative estimate of drug-likeness (QED) is 0.642. The molecule has 2 aromatic rings. The topological polar surface area (TPSA) is 97.1 Å². The maximum atomic E-state index is 13.2. The highest BCUT2D eigenvalue weighted by atomic mass is 19.1. The Kier molecular flexibility index (Phi) is 7.06. The van der Waals surface area contributed by atoms with Crippen molar-refractivity contribution >= 4 is 11.9 Å². The number of carbonyl (C=O) groups excluding carboxylic acids is 1. The van der Waals surface area contributed by atoms with Gasteiger partial charge in [0.2, 0.25) is 0 Å². The van der Waals surface area contributed by atoms with Crippen LogP contribution in [0.15, 0.2) is 30.5 Å². The third kappa shape index (κ3) is 6.70. The van der Waals surface area contributed by atoms with Gasteiger partial charge in [0.25, 0.3) is 5.91 Å². The summed E-state index contributed by atoms with van der Waals surface area (Å²) < 4.78 is 14.6. The number of hydrogen-bond donors (Lipinski definition) is 2. The van der Waals surface area contributed by atoms with E-state index in [9.17, 15) is 14.0 Å². The van der Waals surface area contributed by atoms with Gasteiger partial charge in [-0.05, 0) is 30.5 Å². The van der Waals surface area contributed by atoms with E-state index in [0.717, 1.165) is 24.8 Å². The number of halogens is 1. The van der Waals surface area contributed by atoms with Gasteiger partial charge < -0.3 is 10.4 Å². The first-order valence-corrected chi connectivity index (χ1v) is 8.19. The number of aliphatic carboxylic acids is 1. The average molecular weight is 348 g/mol. The molecular weight excluding hydrogens is 327 g/mol. The van der Waals surface area contributed by atoms with Crippen molar-refractivity contribution in [1.82, 2.24) is 20.3 Å². The van der Waals surface area contributed by atoms with Crippen LogP contribution in [0.2, 0.25) is 0 Å². The van der Waals surface area contributed by atoms with Crippen LogP contribution in [0.25, 0.3) is 0 Å². The highest BCUT2D eigenvalue weighted by molar-refractivity contribution is 5.91. The molecule has 0 aliphatic carbocycles. The number of amides is 1. The second kappa shape index (κ2) is 9.51. The molecule has 1 aromatic heterocycles. The normalized spacial score (nSPS) is 10.6. The number of nitrogens with one attached hydrogen (secondary N) is 1. The van der Waals surface area contributed by atoms with Gasteiger partial charge in [0.15, 0.2) is 5.69 Å². The van der Waals surface area contributed by atoms with Crippen LogP contribution in [0.3, 0.4) is 0 Å². The lowest BCUT2D eigenvalue weighted by Gasteiger charge is -2.03. The summed E-state index contributed by atoms with van der Waals surface area (Å²) in [6.45, 7) is 0.838. The average Bonchev–Trinajstić information content (AvgIpc) is 3.02. The first-order valence-electron chi connectivity index (χ1n) is 8.19. The van der Waals surface area contributed by atoms with Crippen LogP contribution in [0.1, 0.15) is 48.2 Å². The van der Waals surface area contributed by atoms with E-state index in [1.54, 1.807) is 12.1 Å². The van der Waals surface area contributed by atoms with Crippen molar-refractivity contribution in [1.29, 1.82) is 0 Å². The predicted octanol–water partition coefficient (Wildman–Crippen LogP) is 2.23. The Hall–Kier alpha value is -2.77. The monoisotopic (exact) mass is 348 g/mol. The molecule has 134 valence electrons. The SMILES string of the molecule is O=C(O)CCCCCCNC(=O)c1cn(Cc2cccc(F)c2)nn1. The van der Waals surface area contributed by atoms with E-state index in [2.05, 4.69) is 15.6 Å². The molecule has 0 aliphatic heterocycles. The standard InChI is InChI=1S/C17H21FN4O3/c18-14-7-5-6-13(10-14)11-22-12-15(20-21-22)17(25)19-9-4-2-1-3-8-16(23)24/h5-7,10,12H,1-4,8-9,11H2,(H,19,25)(H,23,24). The van der Waals surface area contributed by atoms with Crippen molar-refractivity contribution in [3.05, 3.63) is 47.5 Å². The first kappa shape index (κ1) is 18.6.